The molecule has 0 saturated carbocycles. The summed E-state index contributed by atoms with van der Waals surface area (Å²) in [5, 5.41) is 11.6. The highest BCUT2D eigenvalue weighted by Gasteiger charge is 2.16. The highest BCUT2D eigenvalue weighted by atomic mass is 19.1. The van der Waals surface area contributed by atoms with Gasteiger partial charge in [-0.15, -0.1) is 0 Å². The van der Waals surface area contributed by atoms with E-state index in [0.717, 1.165) is 5.69 Å². The van der Waals surface area contributed by atoms with E-state index in [1.165, 1.54) is 12.1 Å². The maximum absolute atomic E-state index is 13.9. The molecule has 1 heterocycles. The van der Waals surface area contributed by atoms with Crippen molar-refractivity contribution in [1.82, 2.24) is 10.3 Å². The van der Waals surface area contributed by atoms with Gasteiger partial charge < -0.3 is 11.1 Å². The van der Waals surface area contributed by atoms with Crippen molar-refractivity contribution >= 4 is 5.91 Å². The second-order valence-electron chi connectivity index (χ2n) is 5.95. The van der Waals surface area contributed by atoms with Crippen LogP contribution in [0.1, 0.15) is 22.9 Å². The number of nitriles is 1. The molecule has 3 rings (SSSR count). The van der Waals surface area contributed by atoms with Crippen LogP contribution < -0.4 is 11.1 Å². The Morgan fingerprint density at radius 3 is 2.67 bits per heavy atom. The first-order valence-electron chi connectivity index (χ1n) is 8.31. The molecule has 0 aliphatic carbocycles. The number of benzene rings is 2. The Labute approximate surface area is 156 Å². The second-order valence-corrected chi connectivity index (χ2v) is 5.95. The van der Waals surface area contributed by atoms with Crippen molar-refractivity contribution in [3.8, 4) is 17.2 Å². The molecule has 134 valence electrons. The highest BCUT2D eigenvalue weighted by Crippen LogP contribution is 2.24. The topological polar surface area (TPSA) is 91.8 Å². The fraction of sp³-hybridized carbons (Fsp3) is 0.0952. The first kappa shape index (κ1) is 18.2. The summed E-state index contributed by atoms with van der Waals surface area (Å²) in [6.45, 7) is 0.286. The van der Waals surface area contributed by atoms with Crippen LogP contribution >= 0.6 is 0 Å². The third-order valence-electron chi connectivity index (χ3n) is 4.12. The lowest BCUT2D eigenvalue weighted by Gasteiger charge is -2.14. The summed E-state index contributed by atoms with van der Waals surface area (Å²) < 4.78 is 13.9. The lowest BCUT2D eigenvalue weighted by Crippen LogP contribution is -2.33. The van der Waals surface area contributed by atoms with Crippen molar-refractivity contribution in [2.24, 2.45) is 5.73 Å². The van der Waals surface area contributed by atoms with E-state index in [-0.39, 0.29) is 18.0 Å². The molecule has 1 aromatic heterocycles. The zero-order chi connectivity index (χ0) is 19.2. The molecule has 1 amide bonds. The monoisotopic (exact) mass is 360 g/mol. The molecule has 0 spiro atoms. The van der Waals surface area contributed by atoms with Gasteiger partial charge in [-0.1, -0.05) is 30.3 Å². The van der Waals surface area contributed by atoms with Crippen LogP contribution in [0.15, 0.2) is 66.9 Å². The molecule has 0 bridgehead atoms. The zero-order valence-corrected chi connectivity index (χ0v) is 14.4. The maximum atomic E-state index is 13.9. The predicted molar refractivity (Wildman–Crippen MR) is 99.6 cm³/mol. The van der Waals surface area contributed by atoms with E-state index >= 15 is 0 Å². The van der Waals surface area contributed by atoms with E-state index in [0.29, 0.717) is 16.7 Å². The molecular formula is C21H17FN4O. The minimum atomic E-state index is -0.864. The summed E-state index contributed by atoms with van der Waals surface area (Å²) in [6, 6.07) is 17.8. The van der Waals surface area contributed by atoms with Crippen LogP contribution in [0, 0.1) is 17.1 Å². The van der Waals surface area contributed by atoms with Crippen LogP contribution in [0.5, 0.6) is 0 Å². The molecule has 3 N–H and O–H groups in total. The number of carbonyl (C=O) groups excluding carboxylic acids is 1. The number of halogens is 1. The third-order valence-corrected chi connectivity index (χ3v) is 4.12. The van der Waals surface area contributed by atoms with Gasteiger partial charge in [-0.05, 0) is 47.0 Å². The van der Waals surface area contributed by atoms with Crippen molar-refractivity contribution in [3.05, 3.63) is 89.5 Å². The van der Waals surface area contributed by atoms with Crippen molar-refractivity contribution in [2.75, 3.05) is 0 Å². The summed E-state index contributed by atoms with van der Waals surface area (Å²) in [5.41, 5.74) is 8.72. The van der Waals surface area contributed by atoms with Gasteiger partial charge in [0.15, 0.2) is 0 Å². The number of pyridine rings is 1. The molecule has 27 heavy (non-hydrogen) atoms. The van der Waals surface area contributed by atoms with Gasteiger partial charge in [0, 0.05) is 6.20 Å². The first-order chi connectivity index (χ1) is 13.1. The third kappa shape index (κ3) is 4.35. The van der Waals surface area contributed by atoms with Gasteiger partial charge in [-0.25, -0.2) is 4.39 Å². The van der Waals surface area contributed by atoms with Crippen LogP contribution in [0.25, 0.3) is 11.1 Å². The molecule has 0 aliphatic rings. The molecule has 5 nitrogen and oxygen atoms in total. The van der Waals surface area contributed by atoms with Crippen LogP contribution in [-0.2, 0) is 11.3 Å². The maximum Gasteiger partial charge on any atom is 0.241 e. The molecule has 1 unspecified atom stereocenters. The van der Waals surface area contributed by atoms with Gasteiger partial charge in [-0.3, -0.25) is 9.78 Å². The first-order valence-corrected chi connectivity index (χ1v) is 8.31. The molecule has 3 aromatic rings. The Morgan fingerprint density at radius 1 is 1.15 bits per heavy atom. The van der Waals surface area contributed by atoms with E-state index in [4.69, 9.17) is 11.0 Å². The van der Waals surface area contributed by atoms with Gasteiger partial charge in [0.25, 0.3) is 0 Å². The Morgan fingerprint density at radius 2 is 1.96 bits per heavy atom. The van der Waals surface area contributed by atoms with E-state index in [9.17, 15) is 9.18 Å². The van der Waals surface area contributed by atoms with Gasteiger partial charge >= 0.3 is 0 Å². The predicted octanol–water partition coefficient (Wildman–Crippen LogP) is 3.08. The summed E-state index contributed by atoms with van der Waals surface area (Å²) in [7, 11) is 0. The number of nitrogens with two attached hydrogens (primary N) is 1. The summed E-state index contributed by atoms with van der Waals surface area (Å²) in [6.07, 6.45) is 1.65. The standard InChI is InChI=1S/C21H17FN4O/c22-19-11-15(7-8-17(19)12-23)14-4-3-5-16(10-14)20(24)21(27)26-13-18-6-1-2-9-25-18/h1-11,20H,13,24H2,(H,26,27). The van der Waals surface area contributed by atoms with Crippen molar-refractivity contribution in [1.29, 1.82) is 5.26 Å². The number of rotatable bonds is 5. The average Bonchev–Trinajstić information content (AvgIpc) is 2.72. The summed E-state index contributed by atoms with van der Waals surface area (Å²) in [4.78, 5) is 16.5. The number of nitrogens with one attached hydrogen (secondary N) is 1. The van der Waals surface area contributed by atoms with Crippen LogP contribution in [0.3, 0.4) is 0 Å². The van der Waals surface area contributed by atoms with Gasteiger partial charge in [0.05, 0.1) is 17.8 Å². The van der Waals surface area contributed by atoms with Crippen LogP contribution in [0.2, 0.25) is 0 Å². The Bertz CT molecular complexity index is 999. The average molecular weight is 360 g/mol. The molecular weight excluding hydrogens is 343 g/mol. The molecule has 0 saturated heterocycles. The van der Waals surface area contributed by atoms with Gasteiger partial charge in [0.1, 0.15) is 17.9 Å². The van der Waals surface area contributed by atoms with E-state index in [1.54, 1.807) is 48.7 Å². The molecule has 2 aromatic carbocycles. The molecule has 1 atom stereocenters. The number of carbonyl (C=O) groups is 1. The highest BCUT2D eigenvalue weighted by molar-refractivity contribution is 5.83. The minimum Gasteiger partial charge on any atom is -0.349 e. The van der Waals surface area contributed by atoms with Crippen molar-refractivity contribution < 1.29 is 9.18 Å². The Balaban J connectivity index is 1.75. The molecule has 0 fully saturated rings. The smallest absolute Gasteiger partial charge is 0.241 e. The van der Waals surface area contributed by atoms with Gasteiger partial charge in [0.2, 0.25) is 5.91 Å². The van der Waals surface area contributed by atoms with Crippen molar-refractivity contribution in [2.45, 2.75) is 12.6 Å². The summed E-state index contributed by atoms with van der Waals surface area (Å²) in [5.74, 6) is -0.915. The number of hydrogen-bond donors (Lipinski definition) is 2. The van der Waals surface area contributed by atoms with Crippen LogP contribution in [0.4, 0.5) is 4.39 Å². The number of aromatic nitrogens is 1. The quantitative estimate of drug-likeness (QED) is 0.731. The Hall–Kier alpha value is -3.56. The normalized spacial score (nSPS) is 11.4. The van der Waals surface area contributed by atoms with Crippen LogP contribution in [-0.4, -0.2) is 10.9 Å². The lowest BCUT2D eigenvalue weighted by atomic mass is 9.98. The second kappa shape index (κ2) is 8.21. The van der Waals surface area contributed by atoms with Crippen molar-refractivity contribution in [3.63, 3.8) is 0 Å². The van der Waals surface area contributed by atoms with E-state index in [1.807, 2.05) is 12.1 Å². The zero-order valence-electron chi connectivity index (χ0n) is 14.4. The molecule has 6 heteroatoms. The largest absolute Gasteiger partial charge is 0.349 e. The fourth-order valence-corrected chi connectivity index (χ4v) is 2.64. The minimum absolute atomic E-state index is 0.0134. The number of hydrogen-bond acceptors (Lipinski definition) is 4. The van der Waals surface area contributed by atoms with Gasteiger partial charge in [-0.2, -0.15) is 5.26 Å². The molecule has 0 radical (unpaired) electrons. The number of nitrogens with zero attached hydrogens (tertiary/aromatic N) is 2. The number of amides is 1. The lowest BCUT2D eigenvalue weighted by molar-refractivity contribution is -0.122. The fourth-order valence-electron chi connectivity index (χ4n) is 2.64. The molecule has 0 aliphatic heterocycles. The summed E-state index contributed by atoms with van der Waals surface area (Å²) >= 11 is 0. The Kier molecular flexibility index (Phi) is 5.55. The SMILES string of the molecule is N#Cc1ccc(-c2cccc(C(N)C(=O)NCc3ccccn3)c2)cc1F. The van der Waals surface area contributed by atoms with E-state index in [2.05, 4.69) is 10.3 Å². The van der Waals surface area contributed by atoms with E-state index < -0.39 is 11.9 Å².